The van der Waals surface area contributed by atoms with E-state index in [0.717, 1.165) is 16.1 Å². The summed E-state index contributed by atoms with van der Waals surface area (Å²) in [6.07, 6.45) is 1.52. The van der Waals surface area contributed by atoms with E-state index in [0.29, 0.717) is 18.0 Å². The molecular formula is C25H34ClN3O5S. The van der Waals surface area contributed by atoms with Gasteiger partial charge in [-0.25, -0.2) is 8.42 Å². The van der Waals surface area contributed by atoms with Crippen LogP contribution in [0, 0.1) is 5.92 Å². The fraction of sp³-hybridized carbons (Fsp3) is 0.440. The zero-order valence-electron chi connectivity index (χ0n) is 20.8. The highest BCUT2D eigenvalue weighted by molar-refractivity contribution is 7.92. The summed E-state index contributed by atoms with van der Waals surface area (Å²) in [5.74, 6) is -0.311. The Kier molecular flexibility index (Phi) is 10.4. The van der Waals surface area contributed by atoms with Gasteiger partial charge in [0.25, 0.3) is 0 Å². The van der Waals surface area contributed by atoms with Gasteiger partial charge >= 0.3 is 0 Å². The number of halogens is 1. The third-order valence-corrected chi connectivity index (χ3v) is 6.79. The summed E-state index contributed by atoms with van der Waals surface area (Å²) in [4.78, 5) is 27.8. The molecule has 2 aromatic carbocycles. The van der Waals surface area contributed by atoms with Gasteiger partial charge in [-0.15, -0.1) is 0 Å². The molecule has 0 spiro atoms. The van der Waals surface area contributed by atoms with E-state index in [1.165, 1.54) is 24.1 Å². The van der Waals surface area contributed by atoms with Gasteiger partial charge in [0.15, 0.2) is 0 Å². The second kappa shape index (κ2) is 12.8. The van der Waals surface area contributed by atoms with Crippen LogP contribution in [0.1, 0.15) is 26.3 Å². The Balaban J connectivity index is 2.36. The molecule has 2 aromatic rings. The van der Waals surface area contributed by atoms with Gasteiger partial charge in [0.05, 0.1) is 19.1 Å². The van der Waals surface area contributed by atoms with E-state index in [1.807, 2.05) is 44.2 Å². The first-order valence-electron chi connectivity index (χ1n) is 11.4. The summed E-state index contributed by atoms with van der Waals surface area (Å²) >= 11 is 6.11. The molecule has 0 heterocycles. The molecule has 0 unspecified atom stereocenters. The molecule has 0 saturated heterocycles. The number of nitrogens with one attached hydrogen (secondary N) is 1. The van der Waals surface area contributed by atoms with Crippen molar-refractivity contribution < 1.29 is 22.7 Å². The van der Waals surface area contributed by atoms with Crippen molar-refractivity contribution in [2.75, 3.05) is 37.3 Å². The molecule has 0 aliphatic rings. The summed E-state index contributed by atoms with van der Waals surface area (Å²) in [5.41, 5.74) is 1.15. The minimum absolute atomic E-state index is 0.149. The van der Waals surface area contributed by atoms with E-state index in [-0.39, 0.29) is 29.8 Å². The van der Waals surface area contributed by atoms with E-state index in [4.69, 9.17) is 16.3 Å². The molecule has 0 aliphatic heterocycles. The van der Waals surface area contributed by atoms with Crippen LogP contribution in [0.15, 0.2) is 48.5 Å². The number of rotatable bonds is 12. The zero-order valence-corrected chi connectivity index (χ0v) is 22.4. The maximum Gasteiger partial charge on any atom is 0.244 e. The van der Waals surface area contributed by atoms with Crippen molar-refractivity contribution in [3.8, 4) is 5.75 Å². The average molecular weight is 524 g/mol. The van der Waals surface area contributed by atoms with Crippen LogP contribution < -0.4 is 14.4 Å². The number of amides is 2. The van der Waals surface area contributed by atoms with Crippen molar-refractivity contribution in [2.45, 2.75) is 33.2 Å². The molecule has 0 aliphatic carbocycles. The van der Waals surface area contributed by atoms with Crippen LogP contribution in [0.2, 0.25) is 5.02 Å². The number of ether oxygens (including phenoxy) is 1. The maximum absolute atomic E-state index is 13.5. The number of carbonyl (C=O) groups excluding carboxylic acids is 2. The number of hydrogen-bond acceptors (Lipinski definition) is 5. The highest BCUT2D eigenvalue weighted by atomic mass is 35.5. The van der Waals surface area contributed by atoms with Gasteiger partial charge < -0.3 is 15.0 Å². The first-order chi connectivity index (χ1) is 16.4. The molecule has 2 rings (SSSR count). The van der Waals surface area contributed by atoms with E-state index in [1.54, 1.807) is 13.0 Å². The smallest absolute Gasteiger partial charge is 0.244 e. The number of carbonyl (C=O) groups is 2. The lowest BCUT2D eigenvalue weighted by atomic mass is 10.1. The van der Waals surface area contributed by atoms with E-state index in [2.05, 4.69) is 5.32 Å². The lowest BCUT2D eigenvalue weighted by molar-refractivity contribution is -0.138. The molecule has 0 saturated carbocycles. The monoisotopic (exact) mass is 523 g/mol. The molecule has 35 heavy (non-hydrogen) atoms. The van der Waals surface area contributed by atoms with Gasteiger partial charge in [-0.05, 0) is 43.0 Å². The number of hydrogen-bond donors (Lipinski definition) is 1. The molecule has 1 N–H and O–H groups in total. The molecule has 10 heteroatoms. The van der Waals surface area contributed by atoms with Crippen molar-refractivity contribution in [2.24, 2.45) is 5.92 Å². The lowest BCUT2D eigenvalue weighted by Gasteiger charge is -2.32. The maximum atomic E-state index is 13.5. The third kappa shape index (κ3) is 8.43. The normalized spacial score (nSPS) is 12.2. The Morgan fingerprint density at radius 1 is 1.09 bits per heavy atom. The summed E-state index contributed by atoms with van der Waals surface area (Å²) in [6, 6.07) is 13.3. The first kappa shape index (κ1) is 28.5. The Hall–Kier alpha value is -2.78. The number of benzene rings is 2. The molecule has 1 atom stereocenters. The summed E-state index contributed by atoms with van der Waals surface area (Å²) in [7, 11) is -2.48. The zero-order chi connectivity index (χ0) is 26.2. The van der Waals surface area contributed by atoms with Crippen molar-refractivity contribution in [1.29, 1.82) is 0 Å². The fourth-order valence-electron chi connectivity index (χ4n) is 3.48. The predicted molar refractivity (Wildman–Crippen MR) is 139 cm³/mol. The Bertz CT molecular complexity index is 1110. The second-order valence-electron chi connectivity index (χ2n) is 8.72. The van der Waals surface area contributed by atoms with Gasteiger partial charge in [0.1, 0.15) is 18.3 Å². The highest BCUT2D eigenvalue weighted by Gasteiger charge is 2.31. The number of nitrogens with zero attached hydrogens (tertiary/aromatic N) is 2. The summed E-state index contributed by atoms with van der Waals surface area (Å²) in [6.45, 7) is 5.80. The summed E-state index contributed by atoms with van der Waals surface area (Å²) in [5, 5.41) is 3.15. The first-order valence-corrected chi connectivity index (χ1v) is 13.6. The van der Waals surface area contributed by atoms with Gasteiger partial charge in [0.2, 0.25) is 21.8 Å². The second-order valence-corrected chi connectivity index (χ2v) is 11.1. The van der Waals surface area contributed by atoms with Gasteiger partial charge in [-0.2, -0.15) is 0 Å². The number of sulfonamides is 1. The van der Waals surface area contributed by atoms with Crippen molar-refractivity contribution in [3.63, 3.8) is 0 Å². The lowest BCUT2D eigenvalue weighted by Crippen LogP contribution is -2.52. The van der Waals surface area contributed by atoms with Crippen LogP contribution in [0.5, 0.6) is 5.75 Å². The van der Waals surface area contributed by atoms with Gasteiger partial charge in [0, 0.05) is 18.1 Å². The van der Waals surface area contributed by atoms with Crippen molar-refractivity contribution in [3.05, 3.63) is 59.1 Å². The quantitative estimate of drug-likeness (QED) is 0.460. The van der Waals surface area contributed by atoms with Crippen molar-refractivity contribution in [1.82, 2.24) is 10.2 Å². The Morgan fingerprint density at radius 2 is 1.74 bits per heavy atom. The van der Waals surface area contributed by atoms with Crippen LogP contribution in [-0.4, -0.2) is 64.2 Å². The summed E-state index contributed by atoms with van der Waals surface area (Å²) < 4.78 is 31.7. The predicted octanol–water partition coefficient (Wildman–Crippen LogP) is 3.35. The van der Waals surface area contributed by atoms with Crippen molar-refractivity contribution >= 4 is 39.1 Å². The molecule has 0 radical (unpaired) electrons. The van der Waals surface area contributed by atoms with Crippen LogP contribution in [0.4, 0.5) is 5.69 Å². The largest absolute Gasteiger partial charge is 0.495 e. The molecule has 8 nitrogen and oxygen atoms in total. The van der Waals surface area contributed by atoms with Crippen LogP contribution in [0.3, 0.4) is 0 Å². The van der Waals surface area contributed by atoms with Crippen LogP contribution in [0.25, 0.3) is 0 Å². The van der Waals surface area contributed by atoms with Gasteiger partial charge in [-0.1, -0.05) is 55.8 Å². The minimum Gasteiger partial charge on any atom is -0.495 e. The van der Waals surface area contributed by atoms with Crippen LogP contribution in [-0.2, 0) is 26.0 Å². The number of anilines is 1. The van der Waals surface area contributed by atoms with E-state index >= 15 is 0 Å². The average Bonchev–Trinajstić information content (AvgIpc) is 2.80. The molecule has 192 valence electrons. The minimum atomic E-state index is -3.88. The highest BCUT2D eigenvalue weighted by Crippen LogP contribution is 2.32. The Morgan fingerprint density at radius 3 is 2.31 bits per heavy atom. The standard InChI is InChI=1S/C25H34ClN3O5S/c1-18(2)16-27-25(31)19(3)28(14-13-20-9-7-6-8-10-20)24(30)17-29(35(5,32)33)22-15-21(26)11-12-23(22)34-4/h6-12,15,18-19H,13-14,16-17H2,1-5H3,(H,27,31)/t19-/m0/s1. The van der Waals surface area contributed by atoms with E-state index < -0.39 is 28.5 Å². The van der Waals surface area contributed by atoms with Gasteiger partial charge in [-0.3, -0.25) is 13.9 Å². The molecule has 0 bridgehead atoms. The Labute approximate surface area is 213 Å². The SMILES string of the molecule is COc1ccc(Cl)cc1N(CC(=O)N(CCc1ccccc1)[C@@H](C)C(=O)NCC(C)C)S(C)(=O)=O. The van der Waals surface area contributed by atoms with Crippen LogP contribution >= 0.6 is 11.6 Å². The molecule has 2 amide bonds. The molecule has 0 fully saturated rings. The number of methoxy groups -OCH3 is 1. The topological polar surface area (TPSA) is 96.0 Å². The third-order valence-electron chi connectivity index (χ3n) is 5.42. The molecular weight excluding hydrogens is 490 g/mol. The fourth-order valence-corrected chi connectivity index (χ4v) is 4.49. The molecule has 0 aromatic heterocycles. The van der Waals surface area contributed by atoms with E-state index in [9.17, 15) is 18.0 Å².